The molecule has 0 radical (unpaired) electrons. The Bertz CT molecular complexity index is 445. The molecule has 0 bridgehead atoms. The third-order valence-electron chi connectivity index (χ3n) is 1.93. The molecule has 0 unspecified atom stereocenters. The Balaban J connectivity index is 0.000000124. The average Bonchev–Trinajstić information content (AvgIpc) is 2.80. The van der Waals surface area contributed by atoms with E-state index in [4.69, 9.17) is 0 Å². The maximum absolute atomic E-state index is 4.04. The molecule has 0 spiro atoms. The van der Waals surface area contributed by atoms with Crippen LogP contribution in [0.25, 0.3) is 10.1 Å². The van der Waals surface area contributed by atoms with Gasteiger partial charge in [0.2, 0.25) is 0 Å². The van der Waals surface area contributed by atoms with Gasteiger partial charge >= 0.3 is 0 Å². The highest BCUT2D eigenvalue weighted by atomic mass is 32.1. The van der Waals surface area contributed by atoms with E-state index >= 15 is 0 Å². The summed E-state index contributed by atoms with van der Waals surface area (Å²) in [5, 5.41) is 1.24. The number of hydrogen-bond acceptors (Lipinski definition) is 2. The van der Waals surface area contributed by atoms with E-state index in [1.165, 1.54) is 21.6 Å². The molecule has 0 saturated heterocycles. The van der Waals surface area contributed by atoms with Gasteiger partial charge in [0.15, 0.2) is 0 Å². The molecule has 2 heteroatoms. The van der Waals surface area contributed by atoms with Gasteiger partial charge in [-0.05, 0) is 17.6 Å². The molecule has 0 amide bonds. The van der Waals surface area contributed by atoms with Crippen molar-refractivity contribution in [3.05, 3.63) is 66.9 Å². The molecule has 1 aromatic heterocycles. The molecule has 0 aliphatic rings. The van der Waals surface area contributed by atoms with Crippen molar-refractivity contribution in [3.8, 4) is 0 Å². The van der Waals surface area contributed by atoms with Crippen molar-refractivity contribution in [3.63, 3.8) is 0 Å². The largest absolute Gasteiger partial charge is 0.200 e. The SMILES string of the molecule is c1ccc2sncc2c1.c1ccccc1. The van der Waals surface area contributed by atoms with E-state index in [1.807, 2.05) is 54.7 Å². The van der Waals surface area contributed by atoms with Crippen LogP contribution in [0, 0.1) is 0 Å². The Morgan fingerprint density at radius 2 is 1.33 bits per heavy atom. The molecule has 1 heterocycles. The van der Waals surface area contributed by atoms with Crippen LogP contribution in [0.5, 0.6) is 0 Å². The molecule has 1 nitrogen and oxygen atoms in total. The molecule has 74 valence electrons. The van der Waals surface area contributed by atoms with Crippen molar-refractivity contribution in [2.45, 2.75) is 0 Å². The summed E-state index contributed by atoms with van der Waals surface area (Å²) in [6, 6.07) is 20.2. The van der Waals surface area contributed by atoms with Crippen LogP contribution >= 0.6 is 11.5 Å². The van der Waals surface area contributed by atoms with Crippen molar-refractivity contribution in [1.29, 1.82) is 0 Å². The first-order valence-corrected chi connectivity index (χ1v) is 5.53. The molecule has 15 heavy (non-hydrogen) atoms. The van der Waals surface area contributed by atoms with Gasteiger partial charge in [0.1, 0.15) is 0 Å². The van der Waals surface area contributed by atoms with Gasteiger partial charge < -0.3 is 0 Å². The van der Waals surface area contributed by atoms with Crippen LogP contribution in [-0.2, 0) is 0 Å². The summed E-state index contributed by atoms with van der Waals surface area (Å²) < 4.78 is 5.30. The predicted octanol–water partition coefficient (Wildman–Crippen LogP) is 3.98. The van der Waals surface area contributed by atoms with Crippen LogP contribution in [0.2, 0.25) is 0 Å². The topological polar surface area (TPSA) is 12.9 Å². The Morgan fingerprint density at radius 3 is 1.93 bits per heavy atom. The first kappa shape index (κ1) is 9.87. The van der Waals surface area contributed by atoms with Gasteiger partial charge in [-0.15, -0.1) is 0 Å². The zero-order chi connectivity index (χ0) is 10.3. The fourth-order valence-corrected chi connectivity index (χ4v) is 1.84. The lowest BCUT2D eigenvalue weighted by atomic mass is 10.3. The van der Waals surface area contributed by atoms with E-state index in [2.05, 4.69) is 16.5 Å². The second-order valence-corrected chi connectivity index (χ2v) is 3.85. The van der Waals surface area contributed by atoms with E-state index < -0.39 is 0 Å². The minimum absolute atomic E-state index is 1.24. The van der Waals surface area contributed by atoms with Crippen LogP contribution in [0.15, 0.2) is 66.9 Å². The molecule has 0 atom stereocenters. The van der Waals surface area contributed by atoms with Gasteiger partial charge in [0.05, 0.1) is 4.70 Å². The summed E-state index contributed by atoms with van der Waals surface area (Å²) in [6.07, 6.45) is 1.89. The second-order valence-electron chi connectivity index (χ2n) is 3.02. The lowest BCUT2D eigenvalue weighted by Gasteiger charge is -1.80. The number of rotatable bonds is 0. The highest BCUT2D eigenvalue weighted by molar-refractivity contribution is 7.13. The van der Waals surface area contributed by atoms with Crippen LogP contribution in [0.3, 0.4) is 0 Å². The van der Waals surface area contributed by atoms with E-state index in [-0.39, 0.29) is 0 Å². The van der Waals surface area contributed by atoms with E-state index in [9.17, 15) is 0 Å². The van der Waals surface area contributed by atoms with Crippen molar-refractivity contribution >= 4 is 21.6 Å². The van der Waals surface area contributed by atoms with Gasteiger partial charge in [-0.3, -0.25) is 0 Å². The van der Waals surface area contributed by atoms with Gasteiger partial charge in [-0.2, -0.15) is 4.37 Å². The summed E-state index contributed by atoms with van der Waals surface area (Å²) in [4.78, 5) is 0. The molecular weight excluding hydrogens is 202 g/mol. The summed E-state index contributed by atoms with van der Waals surface area (Å²) in [6.45, 7) is 0. The van der Waals surface area contributed by atoms with Crippen molar-refractivity contribution in [2.75, 3.05) is 0 Å². The summed E-state index contributed by atoms with van der Waals surface area (Å²) in [7, 11) is 0. The molecule has 2 aromatic carbocycles. The van der Waals surface area contributed by atoms with Gasteiger partial charge in [0, 0.05) is 11.6 Å². The Labute approximate surface area is 93.2 Å². The molecule has 0 saturated carbocycles. The first-order valence-electron chi connectivity index (χ1n) is 4.76. The van der Waals surface area contributed by atoms with Crippen LogP contribution in [-0.4, -0.2) is 4.37 Å². The van der Waals surface area contributed by atoms with E-state index in [1.54, 1.807) is 0 Å². The zero-order valence-electron chi connectivity index (χ0n) is 8.21. The van der Waals surface area contributed by atoms with E-state index in [0.717, 1.165) is 0 Å². The minimum Gasteiger partial charge on any atom is -0.200 e. The minimum atomic E-state index is 1.24. The lowest BCUT2D eigenvalue weighted by Crippen LogP contribution is -1.56. The third-order valence-corrected chi connectivity index (χ3v) is 2.71. The average molecular weight is 213 g/mol. The number of hydrogen-bond donors (Lipinski definition) is 0. The van der Waals surface area contributed by atoms with Crippen molar-refractivity contribution < 1.29 is 0 Å². The van der Waals surface area contributed by atoms with Crippen molar-refractivity contribution in [1.82, 2.24) is 4.37 Å². The molecular formula is C13H11NS. The van der Waals surface area contributed by atoms with Crippen molar-refractivity contribution in [2.24, 2.45) is 0 Å². The Hall–Kier alpha value is -1.67. The second kappa shape index (κ2) is 5.27. The maximum Gasteiger partial charge on any atom is 0.0549 e. The smallest absolute Gasteiger partial charge is 0.0549 e. The number of nitrogens with zero attached hydrogens (tertiary/aromatic N) is 1. The fourth-order valence-electron chi connectivity index (χ4n) is 1.20. The summed E-state index contributed by atoms with van der Waals surface area (Å²) >= 11 is 1.54. The third kappa shape index (κ3) is 2.89. The summed E-state index contributed by atoms with van der Waals surface area (Å²) in [5.41, 5.74) is 0. The standard InChI is InChI=1S/C7H5NS.C6H6/c1-2-4-7-6(3-1)5-8-9-7;1-2-4-6-5-3-1/h1-5H;1-6H. The van der Waals surface area contributed by atoms with Gasteiger partial charge in [-0.1, -0.05) is 54.6 Å². The first-order chi connectivity index (χ1) is 7.47. The monoisotopic (exact) mass is 213 g/mol. The maximum atomic E-state index is 4.04. The molecule has 3 rings (SSSR count). The van der Waals surface area contributed by atoms with Crippen LogP contribution < -0.4 is 0 Å². The Kier molecular flexibility index (Phi) is 3.47. The fraction of sp³-hybridized carbons (Fsp3) is 0. The lowest BCUT2D eigenvalue weighted by molar-refractivity contribution is 1.61. The number of fused-ring (bicyclic) bond motifs is 1. The molecule has 3 aromatic rings. The van der Waals surface area contributed by atoms with Gasteiger partial charge in [0.25, 0.3) is 0 Å². The van der Waals surface area contributed by atoms with E-state index in [0.29, 0.717) is 0 Å². The molecule has 0 N–H and O–H groups in total. The highest BCUT2D eigenvalue weighted by Gasteiger charge is 1.89. The predicted molar refractivity (Wildman–Crippen MR) is 66.1 cm³/mol. The van der Waals surface area contributed by atoms with Crippen LogP contribution in [0.4, 0.5) is 0 Å². The number of aromatic nitrogens is 1. The highest BCUT2D eigenvalue weighted by Crippen LogP contribution is 2.15. The quantitative estimate of drug-likeness (QED) is 0.550. The summed E-state index contributed by atoms with van der Waals surface area (Å²) in [5.74, 6) is 0. The molecule has 0 aliphatic heterocycles. The zero-order valence-corrected chi connectivity index (χ0v) is 9.02. The van der Waals surface area contributed by atoms with Crippen LogP contribution in [0.1, 0.15) is 0 Å². The normalized spacial score (nSPS) is 9.33. The number of benzene rings is 2. The molecule has 0 aliphatic carbocycles. The van der Waals surface area contributed by atoms with Gasteiger partial charge in [-0.25, -0.2) is 0 Å². The Morgan fingerprint density at radius 1 is 0.733 bits per heavy atom. The molecule has 0 fully saturated rings.